The summed E-state index contributed by atoms with van der Waals surface area (Å²) in [6.07, 6.45) is 3.03. The third-order valence-corrected chi connectivity index (χ3v) is 6.87. The van der Waals surface area contributed by atoms with Crippen LogP contribution in [-0.2, 0) is 0 Å². The van der Waals surface area contributed by atoms with Crippen molar-refractivity contribution in [3.05, 3.63) is 81.8 Å². The van der Waals surface area contributed by atoms with E-state index in [-0.39, 0.29) is 5.91 Å². The third-order valence-electron chi connectivity index (χ3n) is 5.42. The number of fused-ring (bicyclic) bond motifs is 3. The molecule has 0 N–H and O–H groups in total. The van der Waals surface area contributed by atoms with E-state index in [0.717, 1.165) is 34.0 Å². The average molecular weight is 419 g/mol. The lowest BCUT2D eigenvalue weighted by Crippen LogP contribution is -2.34. The van der Waals surface area contributed by atoms with Crippen molar-refractivity contribution in [1.29, 1.82) is 0 Å². The summed E-state index contributed by atoms with van der Waals surface area (Å²) in [5.41, 5.74) is 4.57. The molecule has 3 nitrogen and oxygen atoms in total. The number of aryl methyl sites for hydroxylation is 1. The zero-order chi connectivity index (χ0) is 20.0. The Morgan fingerprint density at radius 3 is 2.69 bits per heavy atom. The number of pyridine rings is 1. The van der Waals surface area contributed by atoms with Crippen LogP contribution in [0.2, 0.25) is 5.15 Å². The van der Waals surface area contributed by atoms with Gasteiger partial charge < -0.3 is 4.90 Å². The van der Waals surface area contributed by atoms with Gasteiger partial charge in [0.25, 0.3) is 5.91 Å². The number of thiophene rings is 1. The molecular formula is C24H19ClN2OS. The molecular weight excluding hydrogens is 400 g/mol. The predicted octanol–water partition coefficient (Wildman–Crippen LogP) is 6.34. The molecule has 0 saturated heterocycles. The fourth-order valence-electron chi connectivity index (χ4n) is 3.87. The molecule has 0 radical (unpaired) electrons. The lowest BCUT2D eigenvalue weighted by Gasteiger charge is -2.26. The first kappa shape index (κ1) is 18.3. The molecule has 0 atom stereocenters. The van der Waals surface area contributed by atoms with Gasteiger partial charge in [0.05, 0.1) is 10.4 Å². The summed E-state index contributed by atoms with van der Waals surface area (Å²) in [6.45, 7) is 3.41. The minimum absolute atomic E-state index is 0.0615. The van der Waals surface area contributed by atoms with Crippen LogP contribution in [0.25, 0.3) is 26.6 Å². The van der Waals surface area contributed by atoms with Crippen LogP contribution in [0.15, 0.2) is 60.7 Å². The number of amides is 1. The Kier molecular flexibility index (Phi) is 4.61. The molecule has 1 amide bonds. The van der Waals surface area contributed by atoms with E-state index in [1.165, 1.54) is 28.0 Å². The number of nitrogens with zero attached hydrogens (tertiary/aromatic N) is 2. The maximum atomic E-state index is 13.2. The molecule has 0 aliphatic carbocycles. The van der Waals surface area contributed by atoms with E-state index in [1.807, 2.05) is 29.2 Å². The van der Waals surface area contributed by atoms with Gasteiger partial charge in [0, 0.05) is 28.6 Å². The normalized spacial score (nSPS) is 14.4. The smallest absolute Gasteiger partial charge is 0.264 e. The number of benzene rings is 2. The fourth-order valence-corrected chi connectivity index (χ4v) is 5.32. The van der Waals surface area contributed by atoms with E-state index < -0.39 is 0 Å². The summed E-state index contributed by atoms with van der Waals surface area (Å²) in [5, 5.41) is 2.37. The molecule has 29 heavy (non-hydrogen) atoms. The van der Waals surface area contributed by atoms with Gasteiger partial charge in [-0.25, -0.2) is 4.98 Å². The van der Waals surface area contributed by atoms with Crippen molar-refractivity contribution in [1.82, 2.24) is 9.88 Å². The molecule has 2 aromatic carbocycles. The Bertz CT molecular complexity index is 1280. The van der Waals surface area contributed by atoms with Crippen molar-refractivity contribution < 1.29 is 4.79 Å². The molecule has 3 heterocycles. The molecule has 0 bridgehead atoms. The highest BCUT2D eigenvalue weighted by Gasteiger charge is 2.22. The minimum Gasteiger partial charge on any atom is -0.334 e. The first-order chi connectivity index (χ1) is 14.1. The van der Waals surface area contributed by atoms with Gasteiger partial charge in [-0.3, -0.25) is 4.79 Å². The van der Waals surface area contributed by atoms with Gasteiger partial charge in [0.15, 0.2) is 0 Å². The van der Waals surface area contributed by atoms with Crippen molar-refractivity contribution in [2.24, 2.45) is 0 Å². The van der Waals surface area contributed by atoms with E-state index in [0.29, 0.717) is 16.6 Å². The Morgan fingerprint density at radius 1 is 1.10 bits per heavy atom. The summed E-state index contributed by atoms with van der Waals surface area (Å²) in [5.74, 6) is 0.0615. The standard InChI is InChI=1S/C24H19ClN2OS/c1-15-7-8-20-18(13-15)22-19(23(25)26-20)14-21(29-22)24(28)27-11-9-17(10-12-27)16-5-3-2-4-6-16/h2-9,13-14H,10-12H2,1H3. The summed E-state index contributed by atoms with van der Waals surface area (Å²) >= 11 is 7.94. The van der Waals surface area contributed by atoms with Gasteiger partial charge in [0.1, 0.15) is 5.15 Å². The summed E-state index contributed by atoms with van der Waals surface area (Å²) in [6, 6.07) is 18.4. The molecule has 144 valence electrons. The number of hydrogen-bond donors (Lipinski definition) is 0. The molecule has 0 unspecified atom stereocenters. The van der Waals surface area contributed by atoms with Crippen molar-refractivity contribution in [2.75, 3.05) is 13.1 Å². The molecule has 5 heteroatoms. The summed E-state index contributed by atoms with van der Waals surface area (Å²) in [4.78, 5) is 20.3. The van der Waals surface area contributed by atoms with Crippen molar-refractivity contribution >= 4 is 55.4 Å². The zero-order valence-electron chi connectivity index (χ0n) is 16.0. The highest BCUT2D eigenvalue weighted by molar-refractivity contribution is 7.21. The van der Waals surface area contributed by atoms with Crippen LogP contribution >= 0.6 is 22.9 Å². The van der Waals surface area contributed by atoms with Gasteiger partial charge in [0.2, 0.25) is 0 Å². The Labute approximate surface area is 178 Å². The molecule has 0 fully saturated rings. The molecule has 0 spiro atoms. The zero-order valence-corrected chi connectivity index (χ0v) is 17.6. The summed E-state index contributed by atoms with van der Waals surface area (Å²) < 4.78 is 1.03. The fraction of sp³-hybridized carbons (Fsp3) is 0.167. The molecule has 1 aliphatic heterocycles. The highest BCUT2D eigenvalue weighted by atomic mass is 35.5. The van der Waals surface area contributed by atoms with Crippen molar-refractivity contribution in [3.63, 3.8) is 0 Å². The maximum absolute atomic E-state index is 13.2. The number of hydrogen-bond acceptors (Lipinski definition) is 3. The second-order valence-electron chi connectivity index (χ2n) is 7.37. The lowest BCUT2D eigenvalue weighted by atomic mass is 9.99. The van der Waals surface area contributed by atoms with E-state index >= 15 is 0 Å². The molecule has 1 aliphatic rings. The Morgan fingerprint density at radius 2 is 1.93 bits per heavy atom. The van der Waals surface area contributed by atoms with Gasteiger partial charge in [-0.15, -0.1) is 11.3 Å². The van der Waals surface area contributed by atoms with Gasteiger partial charge >= 0.3 is 0 Å². The molecule has 0 saturated carbocycles. The van der Waals surface area contributed by atoms with Crippen LogP contribution < -0.4 is 0 Å². The summed E-state index contributed by atoms with van der Waals surface area (Å²) in [7, 11) is 0. The van der Waals surface area contributed by atoms with E-state index in [2.05, 4.69) is 48.3 Å². The highest BCUT2D eigenvalue weighted by Crippen LogP contribution is 2.37. The van der Waals surface area contributed by atoms with Crippen LogP contribution in [0.1, 0.15) is 27.2 Å². The van der Waals surface area contributed by atoms with Crippen LogP contribution in [-0.4, -0.2) is 28.9 Å². The minimum atomic E-state index is 0.0615. The number of carbonyl (C=O) groups is 1. The van der Waals surface area contributed by atoms with Crippen molar-refractivity contribution in [3.8, 4) is 0 Å². The van der Waals surface area contributed by atoms with E-state index in [1.54, 1.807) is 0 Å². The van der Waals surface area contributed by atoms with Crippen LogP contribution in [0.3, 0.4) is 0 Å². The topological polar surface area (TPSA) is 33.2 Å². The van der Waals surface area contributed by atoms with Gasteiger partial charge in [-0.05, 0) is 42.7 Å². The molecule has 4 aromatic rings. The second-order valence-corrected chi connectivity index (χ2v) is 8.78. The van der Waals surface area contributed by atoms with E-state index in [9.17, 15) is 4.79 Å². The monoisotopic (exact) mass is 418 g/mol. The Balaban J connectivity index is 1.47. The first-order valence-corrected chi connectivity index (χ1v) is 10.8. The largest absolute Gasteiger partial charge is 0.334 e. The predicted molar refractivity (Wildman–Crippen MR) is 122 cm³/mol. The van der Waals surface area contributed by atoms with Crippen LogP contribution in [0.5, 0.6) is 0 Å². The number of rotatable bonds is 2. The van der Waals surface area contributed by atoms with Crippen LogP contribution in [0.4, 0.5) is 0 Å². The number of carbonyl (C=O) groups excluding carboxylic acids is 1. The van der Waals surface area contributed by atoms with Crippen molar-refractivity contribution in [2.45, 2.75) is 13.3 Å². The molecule has 5 rings (SSSR count). The first-order valence-electron chi connectivity index (χ1n) is 9.63. The third kappa shape index (κ3) is 3.33. The lowest BCUT2D eigenvalue weighted by molar-refractivity contribution is 0.0778. The van der Waals surface area contributed by atoms with Gasteiger partial charge in [-0.2, -0.15) is 0 Å². The quantitative estimate of drug-likeness (QED) is 0.356. The second kappa shape index (κ2) is 7.29. The number of halogens is 1. The van der Waals surface area contributed by atoms with Gasteiger partial charge in [-0.1, -0.05) is 59.6 Å². The maximum Gasteiger partial charge on any atom is 0.264 e. The number of aromatic nitrogens is 1. The van der Waals surface area contributed by atoms with Crippen LogP contribution in [0, 0.1) is 6.92 Å². The Hall–Kier alpha value is -2.69. The average Bonchev–Trinajstić information content (AvgIpc) is 3.21. The van der Waals surface area contributed by atoms with E-state index in [4.69, 9.17) is 11.6 Å². The SMILES string of the molecule is Cc1ccc2nc(Cl)c3cc(C(=O)N4CC=C(c5ccccc5)CC4)sc3c2c1. The molecule has 2 aromatic heterocycles.